The van der Waals surface area contributed by atoms with Gasteiger partial charge in [0.1, 0.15) is 0 Å². The molecule has 6 heteroatoms. The second-order valence-corrected chi connectivity index (χ2v) is 8.84. The number of carboxylic acids is 1. The Morgan fingerprint density at radius 3 is 2.35 bits per heavy atom. The molecule has 0 aromatic heterocycles. The second-order valence-electron chi connectivity index (χ2n) is 8.84. The predicted molar refractivity (Wildman–Crippen MR) is 138 cm³/mol. The Morgan fingerprint density at radius 1 is 1.00 bits per heavy atom. The summed E-state index contributed by atoms with van der Waals surface area (Å²) in [6, 6.07) is 15.6. The molecule has 0 aliphatic carbocycles. The molecule has 0 saturated heterocycles. The van der Waals surface area contributed by atoms with Crippen molar-refractivity contribution in [3.8, 4) is 11.1 Å². The standard InChI is InChI=1S/C28H40N2O4/c1-5-7-8-9-10-18-29-28(33)30(4)25-13-11-12-24(20-25)23-16-14-22(15-17-23)19-26(27(31)32)34-21(3)6-2/h11-17,20-21,26H,5-10,18-19H2,1-4H3,(H,29,33)(H,31,32). The zero-order valence-corrected chi connectivity index (χ0v) is 21.0. The van der Waals surface area contributed by atoms with Crippen LogP contribution in [-0.2, 0) is 16.0 Å². The van der Waals surface area contributed by atoms with Gasteiger partial charge in [-0.2, -0.15) is 0 Å². The van der Waals surface area contributed by atoms with E-state index in [-0.39, 0.29) is 12.1 Å². The van der Waals surface area contributed by atoms with Gasteiger partial charge in [-0.1, -0.05) is 75.9 Å². The lowest BCUT2D eigenvalue weighted by molar-refractivity contribution is -0.153. The molecule has 2 rings (SSSR count). The number of hydrogen-bond acceptors (Lipinski definition) is 3. The molecule has 2 unspecified atom stereocenters. The highest BCUT2D eigenvalue weighted by Crippen LogP contribution is 2.25. The predicted octanol–water partition coefficient (Wildman–Crippen LogP) is 6.28. The Labute approximate surface area is 204 Å². The van der Waals surface area contributed by atoms with Crippen molar-refractivity contribution in [2.45, 2.75) is 77.9 Å². The van der Waals surface area contributed by atoms with Gasteiger partial charge in [-0.15, -0.1) is 0 Å². The van der Waals surface area contributed by atoms with Crippen LogP contribution in [0.4, 0.5) is 10.5 Å². The summed E-state index contributed by atoms with van der Waals surface area (Å²) in [6.07, 6.45) is 5.94. The van der Waals surface area contributed by atoms with Gasteiger partial charge in [0.15, 0.2) is 6.10 Å². The summed E-state index contributed by atoms with van der Waals surface area (Å²) < 4.78 is 5.65. The first kappa shape index (κ1) is 27.4. The van der Waals surface area contributed by atoms with Crippen molar-refractivity contribution in [1.82, 2.24) is 5.32 Å². The minimum Gasteiger partial charge on any atom is -0.479 e. The van der Waals surface area contributed by atoms with Crippen molar-refractivity contribution in [2.24, 2.45) is 0 Å². The highest BCUT2D eigenvalue weighted by molar-refractivity contribution is 5.92. The van der Waals surface area contributed by atoms with Crippen molar-refractivity contribution in [3.63, 3.8) is 0 Å². The molecule has 2 N–H and O–H groups in total. The molecule has 0 saturated carbocycles. The molecule has 2 atom stereocenters. The third-order valence-corrected chi connectivity index (χ3v) is 6.05. The molecule has 0 fully saturated rings. The van der Waals surface area contributed by atoms with Crippen LogP contribution in [0.2, 0.25) is 0 Å². The number of hydrogen-bond donors (Lipinski definition) is 2. The van der Waals surface area contributed by atoms with Gasteiger partial charge in [-0.25, -0.2) is 9.59 Å². The van der Waals surface area contributed by atoms with Crippen LogP contribution in [0.15, 0.2) is 48.5 Å². The van der Waals surface area contributed by atoms with Gasteiger partial charge >= 0.3 is 12.0 Å². The van der Waals surface area contributed by atoms with Crippen molar-refractivity contribution >= 4 is 17.7 Å². The summed E-state index contributed by atoms with van der Waals surface area (Å²) >= 11 is 0. The van der Waals surface area contributed by atoms with E-state index in [2.05, 4.69) is 12.2 Å². The zero-order valence-electron chi connectivity index (χ0n) is 21.0. The summed E-state index contributed by atoms with van der Waals surface area (Å²) in [5.41, 5.74) is 3.72. The number of aliphatic carboxylic acids is 1. The van der Waals surface area contributed by atoms with Crippen LogP contribution in [0.5, 0.6) is 0 Å². The topological polar surface area (TPSA) is 78.9 Å². The van der Waals surface area contributed by atoms with E-state index in [1.165, 1.54) is 19.3 Å². The van der Waals surface area contributed by atoms with Gasteiger partial charge in [0.2, 0.25) is 0 Å². The molecule has 0 aliphatic heterocycles. The van der Waals surface area contributed by atoms with Gasteiger partial charge < -0.3 is 15.2 Å². The molecule has 6 nitrogen and oxygen atoms in total. The Balaban J connectivity index is 1.99. The maximum absolute atomic E-state index is 12.5. The number of urea groups is 1. The lowest BCUT2D eigenvalue weighted by Crippen LogP contribution is -2.37. The van der Waals surface area contributed by atoms with E-state index >= 15 is 0 Å². The molecule has 34 heavy (non-hydrogen) atoms. The largest absolute Gasteiger partial charge is 0.479 e. The van der Waals surface area contributed by atoms with E-state index in [0.29, 0.717) is 13.0 Å². The Morgan fingerprint density at radius 2 is 1.71 bits per heavy atom. The lowest BCUT2D eigenvalue weighted by atomic mass is 10.0. The second kappa shape index (κ2) is 14.4. The molecule has 0 bridgehead atoms. The summed E-state index contributed by atoms with van der Waals surface area (Å²) in [4.78, 5) is 25.7. The molecule has 0 aliphatic rings. The number of benzene rings is 2. The van der Waals surface area contributed by atoms with E-state index in [9.17, 15) is 14.7 Å². The smallest absolute Gasteiger partial charge is 0.333 e. The quantitative estimate of drug-likeness (QED) is 0.320. The number of nitrogens with zero attached hydrogens (tertiary/aromatic N) is 1. The van der Waals surface area contributed by atoms with E-state index in [1.54, 1.807) is 11.9 Å². The molecular formula is C28H40N2O4. The summed E-state index contributed by atoms with van der Waals surface area (Å²) in [7, 11) is 1.78. The summed E-state index contributed by atoms with van der Waals surface area (Å²) in [5, 5.41) is 12.5. The van der Waals surface area contributed by atoms with Gasteiger partial charge in [0.05, 0.1) is 6.10 Å². The van der Waals surface area contributed by atoms with Crippen LogP contribution >= 0.6 is 0 Å². The number of amides is 2. The van der Waals surface area contributed by atoms with Crippen molar-refractivity contribution in [1.29, 1.82) is 0 Å². The molecule has 2 aromatic carbocycles. The Bertz CT molecular complexity index is 898. The van der Waals surface area contributed by atoms with E-state index in [4.69, 9.17) is 4.74 Å². The molecule has 2 aromatic rings. The highest BCUT2D eigenvalue weighted by atomic mass is 16.5. The minimum atomic E-state index is -0.945. The van der Waals surface area contributed by atoms with Gasteiger partial charge in [0, 0.05) is 25.7 Å². The van der Waals surface area contributed by atoms with E-state index in [0.717, 1.165) is 41.6 Å². The number of nitrogens with one attached hydrogen (secondary N) is 1. The first-order chi connectivity index (χ1) is 16.3. The molecule has 0 spiro atoms. The van der Waals surface area contributed by atoms with Crippen LogP contribution in [0.1, 0.15) is 64.9 Å². The Kier molecular flexibility index (Phi) is 11.6. The van der Waals surface area contributed by atoms with Gasteiger partial charge in [0.25, 0.3) is 0 Å². The minimum absolute atomic E-state index is 0.0987. The van der Waals surface area contributed by atoms with Crippen molar-refractivity contribution in [3.05, 3.63) is 54.1 Å². The number of anilines is 1. The molecule has 2 amide bonds. The monoisotopic (exact) mass is 468 g/mol. The summed E-state index contributed by atoms with van der Waals surface area (Å²) in [6.45, 7) is 6.74. The number of unbranched alkanes of at least 4 members (excludes halogenated alkanes) is 4. The fourth-order valence-electron chi connectivity index (χ4n) is 3.67. The van der Waals surface area contributed by atoms with Crippen LogP contribution in [-0.4, -0.2) is 42.9 Å². The lowest BCUT2D eigenvalue weighted by Gasteiger charge is -2.19. The first-order valence-electron chi connectivity index (χ1n) is 12.4. The number of carbonyl (C=O) groups is 2. The molecule has 0 radical (unpaired) electrons. The van der Waals surface area contributed by atoms with E-state index in [1.807, 2.05) is 62.4 Å². The fraction of sp³-hybridized carbons (Fsp3) is 0.500. The van der Waals surface area contributed by atoms with E-state index < -0.39 is 12.1 Å². The van der Waals surface area contributed by atoms with Crippen LogP contribution in [0, 0.1) is 0 Å². The third kappa shape index (κ3) is 8.82. The normalized spacial score (nSPS) is 12.7. The Hall–Kier alpha value is -2.86. The molecule has 186 valence electrons. The number of ether oxygens (including phenoxy) is 1. The fourth-order valence-corrected chi connectivity index (χ4v) is 3.67. The third-order valence-electron chi connectivity index (χ3n) is 6.05. The summed E-state index contributed by atoms with van der Waals surface area (Å²) in [5.74, 6) is -0.945. The average molecular weight is 469 g/mol. The zero-order chi connectivity index (χ0) is 24.9. The maximum Gasteiger partial charge on any atom is 0.333 e. The molecule has 0 heterocycles. The van der Waals surface area contributed by atoms with Gasteiger partial charge in [-0.05, 0) is 48.6 Å². The van der Waals surface area contributed by atoms with Crippen LogP contribution in [0.25, 0.3) is 11.1 Å². The van der Waals surface area contributed by atoms with Crippen molar-refractivity contribution < 1.29 is 19.4 Å². The number of carboxylic acid groups (broad SMARTS) is 1. The maximum atomic E-state index is 12.5. The first-order valence-corrected chi connectivity index (χ1v) is 12.4. The highest BCUT2D eigenvalue weighted by Gasteiger charge is 2.21. The SMILES string of the molecule is CCCCCCCNC(=O)N(C)c1cccc(-c2ccc(CC(OC(C)CC)C(=O)O)cc2)c1. The number of rotatable bonds is 14. The van der Waals surface area contributed by atoms with Crippen molar-refractivity contribution in [2.75, 3.05) is 18.5 Å². The van der Waals surface area contributed by atoms with Crippen LogP contribution < -0.4 is 10.2 Å². The molecular weight excluding hydrogens is 428 g/mol. The van der Waals surface area contributed by atoms with Gasteiger partial charge in [-0.3, -0.25) is 4.90 Å². The van der Waals surface area contributed by atoms with Crippen LogP contribution in [0.3, 0.4) is 0 Å². The average Bonchev–Trinajstić information content (AvgIpc) is 2.85. The number of carbonyl (C=O) groups excluding carboxylic acids is 1.